The Balaban J connectivity index is 1.68. The molecule has 32 heavy (non-hydrogen) atoms. The van der Waals surface area contributed by atoms with Gasteiger partial charge in [0.15, 0.2) is 11.7 Å². The van der Waals surface area contributed by atoms with Gasteiger partial charge < -0.3 is 4.74 Å². The number of fused-ring (bicyclic) bond motifs is 1. The lowest BCUT2D eigenvalue weighted by molar-refractivity contribution is -0.119. The van der Waals surface area contributed by atoms with E-state index in [0.29, 0.717) is 5.13 Å². The Morgan fingerprint density at radius 2 is 1.88 bits per heavy atom. The summed E-state index contributed by atoms with van der Waals surface area (Å²) in [7, 11) is -4.11. The number of anilines is 1. The number of ether oxygens (including phenoxy) is 1. The normalized spacial score (nSPS) is 11.7. The van der Waals surface area contributed by atoms with Crippen molar-refractivity contribution < 1.29 is 27.1 Å². The van der Waals surface area contributed by atoms with Crippen LogP contribution in [-0.4, -0.2) is 49.3 Å². The van der Waals surface area contributed by atoms with Gasteiger partial charge in [-0.1, -0.05) is 31.3 Å². The predicted molar refractivity (Wildman–Crippen MR) is 120 cm³/mol. The highest BCUT2D eigenvalue weighted by Gasteiger charge is 2.27. The average molecular weight is 480 g/mol. The summed E-state index contributed by atoms with van der Waals surface area (Å²) in [4.78, 5) is 28.2. The first kappa shape index (κ1) is 23.8. The number of rotatable bonds is 8. The molecule has 1 heterocycles. The number of aromatic nitrogens is 1. The Labute approximate surface area is 189 Å². The summed E-state index contributed by atoms with van der Waals surface area (Å²) >= 11 is 1.29. The first-order valence-corrected chi connectivity index (χ1v) is 12.0. The Morgan fingerprint density at radius 3 is 2.56 bits per heavy atom. The van der Waals surface area contributed by atoms with Gasteiger partial charge in [0.05, 0.1) is 15.8 Å². The van der Waals surface area contributed by atoms with Gasteiger partial charge in [-0.3, -0.25) is 10.1 Å². The number of aryl methyl sites for hydroxylation is 1. The zero-order chi connectivity index (χ0) is 23.5. The minimum atomic E-state index is -4.11. The van der Waals surface area contributed by atoms with Crippen molar-refractivity contribution in [3.63, 3.8) is 0 Å². The third kappa shape index (κ3) is 5.12. The second-order valence-electron chi connectivity index (χ2n) is 6.85. The number of hydrogen-bond donors (Lipinski definition) is 1. The molecule has 0 fully saturated rings. The first-order valence-electron chi connectivity index (χ1n) is 9.79. The molecule has 1 aromatic heterocycles. The van der Waals surface area contributed by atoms with Crippen LogP contribution in [-0.2, 0) is 19.6 Å². The number of carbonyl (C=O) groups is 2. The maximum Gasteiger partial charge on any atom is 0.338 e. The van der Waals surface area contributed by atoms with Crippen LogP contribution in [0.3, 0.4) is 0 Å². The summed E-state index contributed by atoms with van der Waals surface area (Å²) in [5.41, 5.74) is 1.62. The molecule has 3 rings (SSSR count). The van der Waals surface area contributed by atoms with Crippen LogP contribution in [0.5, 0.6) is 0 Å². The fraction of sp³-hybridized carbons (Fsp3) is 0.286. The number of benzene rings is 2. The van der Waals surface area contributed by atoms with Crippen molar-refractivity contribution in [1.82, 2.24) is 9.29 Å². The van der Waals surface area contributed by atoms with E-state index in [0.717, 1.165) is 38.3 Å². The van der Waals surface area contributed by atoms with Crippen LogP contribution >= 0.6 is 11.3 Å². The van der Waals surface area contributed by atoms with Gasteiger partial charge >= 0.3 is 5.97 Å². The van der Waals surface area contributed by atoms with E-state index in [1.54, 1.807) is 13.8 Å². The fourth-order valence-corrected chi connectivity index (χ4v) is 5.51. The molecule has 0 radical (unpaired) electrons. The van der Waals surface area contributed by atoms with Gasteiger partial charge in [0.1, 0.15) is 10.7 Å². The minimum Gasteiger partial charge on any atom is -0.452 e. The van der Waals surface area contributed by atoms with E-state index in [1.165, 1.54) is 11.3 Å². The van der Waals surface area contributed by atoms with Crippen molar-refractivity contribution in [1.29, 1.82) is 0 Å². The maximum atomic E-state index is 14.2. The average Bonchev–Trinajstić information content (AvgIpc) is 3.14. The molecule has 11 heteroatoms. The Hall–Kier alpha value is -2.89. The highest BCUT2D eigenvalue weighted by Crippen LogP contribution is 2.26. The van der Waals surface area contributed by atoms with Crippen LogP contribution in [0.25, 0.3) is 10.2 Å². The smallest absolute Gasteiger partial charge is 0.338 e. The molecular formula is C21H22FN3O5S2. The summed E-state index contributed by atoms with van der Waals surface area (Å²) in [6, 6.07) is 8.60. The van der Waals surface area contributed by atoms with Crippen LogP contribution in [0.15, 0.2) is 41.3 Å². The van der Waals surface area contributed by atoms with Crippen molar-refractivity contribution in [2.75, 3.05) is 25.0 Å². The van der Waals surface area contributed by atoms with Crippen LogP contribution in [0.1, 0.15) is 29.8 Å². The topological polar surface area (TPSA) is 106 Å². The molecule has 1 N–H and O–H groups in total. The fourth-order valence-electron chi connectivity index (χ4n) is 2.99. The number of nitrogens with zero attached hydrogens (tertiary/aromatic N) is 2. The van der Waals surface area contributed by atoms with Gasteiger partial charge in [0, 0.05) is 13.1 Å². The number of hydrogen-bond acceptors (Lipinski definition) is 7. The SMILES string of the molecule is CCN(CC)S(=O)(=O)c1cc(C(=O)OCC(=O)Nc2nc3ccc(C)cc3s2)ccc1F. The summed E-state index contributed by atoms with van der Waals surface area (Å²) in [6.45, 7) is 4.90. The van der Waals surface area contributed by atoms with Crippen molar-refractivity contribution >= 4 is 48.6 Å². The van der Waals surface area contributed by atoms with E-state index in [2.05, 4.69) is 10.3 Å². The monoisotopic (exact) mass is 479 g/mol. The lowest BCUT2D eigenvalue weighted by Crippen LogP contribution is -2.31. The molecule has 0 spiro atoms. The molecule has 0 saturated carbocycles. The second kappa shape index (κ2) is 9.72. The minimum absolute atomic E-state index is 0.151. The number of esters is 1. The van der Waals surface area contributed by atoms with Crippen molar-refractivity contribution in [3.05, 3.63) is 53.3 Å². The Morgan fingerprint density at radius 1 is 1.16 bits per heavy atom. The van der Waals surface area contributed by atoms with E-state index in [4.69, 9.17) is 4.74 Å². The van der Waals surface area contributed by atoms with Gasteiger partial charge in [0.25, 0.3) is 5.91 Å². The summed E-state index contributed by atoms with van der Waals surface area (Å²) < 4.78 is 46.4. The number of amides is 1. The quantitative estimate of drug-likeness (QED) is 0.495. The highest BCUT2D eigenvalue weighted by molar-refractivity contribution is 7.89. The van der Waals surface area contributed by atoms with Crippen LogP contribution < -0.4 is 5.32 Å². The summed E-state index contributed by atoms with van der Waals surface area (Å²) in [6.07, 6.45) is 0. The number of nitrogens with one attached hydrogen (secondary N) is 1. The molecule has 3 aromatic rings. The van der Waals surface area contributed by atoms with Crippen molar-refractivity contribution in [2.24, 2.45) is 0 Å². The van der Waals surface area contributed by atoms with Crippen LogP contribution in [0.4, 0.5) is 9.52 Å². The van der Waals surface area contributed by atoms with E-state index >= 15 is 0 Å². The first-order chi connectivity index (χ1) is 15.1. The molecule has 0 aliphatic carbocycles. The standard InChI is InChI=1S/C21H22FN3O5S2/c1-4-25(5-2)32(28,29)18-11-14(7-8-15(18)22)20(27)30-12-19(26)24-21-23-16-9-6-13(3)10-17(16)31-21/h6-11H,4-5,12H2,1-3H3,(H,23,24,26). The van der Waals surface area contributed by atoms with Gasteiger partial charge in [0.2, 0.25) is 10.0 Å². The van der Waals surface area contributed by atoms with Gasteiger partial charge in [-0.15, -0.1) is 0 Å². The largest absolute Gasteiger partial charge is 0.452 e. The summed E-state index contributed by atoms with van der Waals surface area (Å²) in [5, 5.41) is 2.92. The molecule has 2 aromatic carbocycles. The number of thiazole rings is 1. The Kier molecular flexibility index (Phi) is 7.22. The van der Waals surface area contributed by atoms with Crippen LogP contribution in [0.2, 0.25) is 0 Å². The molecule has 0 unspecified atom stereocenters. The number of carbonyl (C=O) groups excluding carboxylic acids is 2. The predicted octanol–water partition coefficient (Wildman–Crippen LogP) is 3.57. The number of halogens is 1. The van der Waals surface area contributed by atoms with E-state index in [-0.39, 0.29) is 18.7 Å². The van der Waals surface area contributed by atoms with E-state index in [1.807, 2.05) is 25.1 Å². The molecule has 0 saturated heterocycles. The highest BCUT2D eigenvalue weighted by atomic mass is 32.2. The lowest BCUT2D eigenvalue weighted by Gasteiger charge is -2.19. The molecule has 0 bridgehead atoms. The lowest BCUT2D eigenvalue weighted by atomic mass is 10.2. The second-order valence-corrected chi connectivity index (χ2v) is 9.79. The Bertz CT molecular complexity index is 1270. The summed E-state index contributed by atoms with van der Waals surface area (Å²) in [5.74, 6) is -2.53. The third-order valence-corrected chi connectivity index (χ3v) is 7.61. The zero-order valence-corrected chi connectivity index (χ0v) is 19.3. The molecule has 0 aliphatic heterocycles. The maximum absolute atomic E-state index is 14.2. The molecule has 0 aliphatic rings. The molecular weight excluding hydrogens is 457 g/mol. The van der Waals surface area contributed by atoms with Gasteiger partial charge in [-0.05, 0) is 42.8 Å². The van der Waals surface area contributed by atoms with E-state index < -0.39 is 39.2 Å². The van der Waals surface area contributed by atoms with Crippen LogP contribution in [0, 0.1) is 12.7 Å². The zero-order valence-electron chi connectivity index (χ0n) is 17.7. The van der Waals surface area contributed by atoms with Gasteiger partial charge in [-0.25, -0.2) is 22.6 Å². The number of sulfonamides is 1. The van der Waals surface area contributed by atoms with Crippen molar-refractivity contribution in [3.8, 4) is 0 Å². The van der Waals surface area contributed by atoms with E-state index in [9.17, 15) is 22.4 Å². The molecule has 0 atom stereocenters. The molecule has 170 valence electrons. The third-order valence-electron chi connectivity index (χ3n) is 4.61. The van der Waals surface area contributed by atoms with Crippen molar-refractivity contribution in [2.45, 2.75) is 25.7 Å². The molecule has 8 nitrogen and oxygen atoms in total. The molecule has 1 amide bonds. The van der Waals surface area contributed by atoms with Gasteiger partial charge in [-0.2, -0.15) is 4.31 Å².